The van der Waals surface area contributed by atoms with E-state index in [1.165, 1.54) is 34.8 Å². The fourth-order valence-electron chi connectivity index (χ4n) is 2.91. The van der Waals surface area contributed by atoms with Gasteiger partial charge in [-0.3, -0.25) is 9.59 Å². The highest BCUT2D eigenvalue weighted by molar-refractivity contribution is 7.15. The van der Waals surface area contributed by atoms with Crippen LogP contribution in [0.4, 0.5) is 14.7 Å². The monoisotopic (exact) mass is 522 g/mol. The number of aliphatic hydroxyl groups is 1. The molecule has 0 spiro atoms. The van der Waals surface area contributed by atoms with Crippen molar-refractivity contribution in [2.75, 3.05) is 10.6 Å². The van der Waals surface area contributed by atoms with Crippen LogP contribution in [0.2, 0.25) is 0 Å². The van der Waals surface area contributed by atoms with E-state index in [4.69, 9.17) is 5.11 Å². The molecule has 1 unspecified atom stereocenters. The minimum Gasteiger partial charge on any atom is -0.479 e. The standard InChI is InChI=1S/C21H23FN6O5S2/c1-21(33,18(31)32)11-15(30)24-20-28-26-17(35-20)8-3-2-7-16-25-27-19(34-16)23-14(29)10-12-5-4-6-13(22)9-12/h4-6,9,33H,2-3,7-8,10-11H2,1H3,(H,31,32)(H,23,27,29)(H,24,28,30). The summed E-state index contributed by atoms with van der Waals surface area (Å²) < 4.78 is 13.2. The number of benzene rings is 1. The molecule has 3 rings (SSSR count). The molecule has 0 bridgehead atoms. The first-order valence-electron chi connectivity index (χ1n) is 10.6. The van der Waals surface area contributed by atoms with E-state index in [1.54, 1.807) is 12.1 Å². The summed E-state index contributed by atoms with van der Waals surface area (Å²) in [4.78, 5) is 34.9. The molecule has 3 aromatic rings. The van der Waals surface area contributed by atoms with Crippen molar-refractivity contribution in [2.24, 2.45) is 0 Å². The number of aliphatic carboxylic acids is 1. The summed E-state index contributed by atoms with van der Waals surface area (Å²) in [6.45, 7) is 1.04. The second-order valence-corrected chi connectivity index (χ2v) is 9.99. The van der Waals surface area contributed by atoms with E-state index in [0.29, 0.717) is 28.5 Å². The van der Waals surface area contributed by atoms with E-state index >= 15 is 0 Å². The van der Waals surface area contributed by atoms with Crippen LogP contribution >= 0.6 is 22.7 Å². The zero-order valence-electron chi connectivity index (χ0n) is 18.7. The second kappa shape index (κ2) is 11.9. The Kier molecular flexibility index (Phi) is 8.89. The van der Waals surface area contributed by atoms with Crippen molar-refractivity contribution in [3.05, 3.63) is 45.7 Å². The van der Waals surface area contributed by atoms with E-state index in [0.717, 1.165) is 24.8 Å². The number of carbonyl (C=O) groups is 3. The van der Waals surface area contributed by atoms with Crippen LogP contribution in [-0.4, -0.2) is 54.0 Å². The van der Waals surface area contributed by atoms with E-state index in [2.05, 4.69) is 31.0 Å². The fourth-order valence-corrected chi connectivity index (χ4v) is 4.51. The summed E-state index contributed by atoms with van der Waals surface area (Å²) in [5, 5.41) is 41.6. The maximum absolute atomic E-state index is 13.2. The normalized spacial score (nSPS) is 12.7. The van der Waals surface area contributed by atoms with Gasteiger partial charge in [-0.1, -0.05) is 34.8 Å². The number of carboxylic acid groups (broad SMARTS) is 1. The van der Waals surface area contributed by atoms with Gasteiger partial charge in [-0.15, -0.1) is 20.4 Å². The lowest BCUT2D eigenvalue weighted by Crippen LogP contribution is -2.38. The summed E-state index contributed by atoms with van der Waals surface area (Å²) in [6.07, 6.45) is 2.27. The first-order chi connectivity index (χ1) is 16.6. The number of unbranched alkanes of at least 4 members (excludes halogenated alkanes) is 1. The second-order valence-electron chi connectivity index (χ2n) is 7.87. The van der Waals surface area contributed by atoms with Crippen LogP contribution in [0.1, 0.15) is 41.8 Å². The smallest absolute Gasteiger partial charge is 0.335 e. The van der Waals surface area contributed by atoms with Gasteiger partial charge in [0, 0.05) is 12.8 Å². The van der Waals surface area contributed by atoms with Gasteiger partial charge in [0.2, 0.25) is 22.1 Å². The van der Waals surface area contributed by atoms with Gasteiger partial charge in [-0.05, 0) is 37.5 Å². The molecule has 2 aromatic heterocycles. The number of carbonyl (C=O) groups excluding carboxylic acids is 2. The van der Waals surface area contributed by atoms with Gasteiger partial charge >= 0.3 is 5.97 Å². The molecule has 0 fully saturated rings. The Labute approximate surface area is 207 Å². The molecule has 1 aromatic carbocycles. The number of nitrogens with zero attached hydrogens (tertiary/aromatic N) is 4. The molecule has 0 saturated heterocycles. The number of nitrogens with one attached hydrogen (secondary N) is 2. The SMILES string of the molecule is CC(O)(CC(=O)Nc1nnc(CCCCc2nnc(NC(=O)Cc3cccc(F)c3)s2)s1)C(=O)O. The zero-order valence-corrected chi connectivity index (χ0v) is 20.3. The molecule has 0 radical (unpaired) electrons. The number of aromatic nitrogens is 4. The van der Waals surface area contributed by atoms with Crippen molar-refractivity contribution in [3.8, 4) is 0 Å². The van der Waals surface area contributed by atoms with Crippen LogP contribution < -0.4 is 10.6 Å². The van der Waals surface area contributed by atoms with Crippen LogP contribution in [-0.2, 0) is 33.6 Å². The predicted octanol–water partition coefficient (Wildman–Crippen LogP) is 2.44. The first kappa shape index (κ1) is 26.2. The average molecular weight is 523 g/mol. The Balaban J connectivity index is 1.37. The Morgan fingerprint density at radius 1 is 0.971 bits per heavy atom. The number of hydrogen-bond acceptors (Lipinski definition) is 10. The summed E-state index contributed by atoms with van der Waals surface area (Å²) in [6, 6.07) is 5.85. The summed E-state index contributed by atoms with van der Waals surface area (Å²) in [7, 11) is 0. The Morgan fingerprint density at radius 2 is 1.54 bits per heavy atom. The van der Waals surface area contributed by atoms with Gasteiger partial charge in [0.05, 0.1) is 12.8 Å². The molecule has 186 valence electrons. The molecule has 2 amide bonds. The number of anilines is 2. The number of halogens is 1. The third-order valence-corrected chi connectivity index (χ3v) is 6.47. The third kappa shape index (κ3) is 8.42. The lowest BCUT2D eigenvalue weighted by Gasteiger charge is -2.16. The maximum atomic E-state index is 13.2. The van der Waals surface area contributed by atoms with E-state index in [-0.39, 0.29) is 17.5 Å². The molecule has 14 heteroatoms. The highest BCUT2D eigenvalue weighted by atomic mass is 32.1. The van der Waals surface area contributed by atoms with E-state index < -0.39 is 29.7 Å². The quantitative estimate of drug-likeness (QED) is 0.261. The molecular weight excluding hydrogens is 499 g/mol. The van der Waals surface area contributed by atoms with Crippen LogP contribution in [0, 0.1) is 5.82 Å². The number of hydrogen-bond donors (Lipinski definition) is 4. The minimum absolute atomic E-state index is 0.0375. The number of amides is 2. The molecular formula is C21H23FN6O5S2. The molecule has 0 aliphatic heterocycles. The Bertz CT molecular complexity index is 1200. The number of rotatable bonds is 12. The lowest BCUT2D eigenvalue weighted by molar-refractivity contribution is -0.158. The van der Waals surface area contributed by atoms with Crippen molar-refractivity contribution in [2.45, 2.75) is 51.0 Å². The first-order valence-corrected chi connectivity index (χ1v) is 12.2. The van der Waals surface area contributed by atoms with Gasteiger partial charge in [-0.2, -0.15) is 0 Å². The summed E-state index contributed by atoms with van der Waals surface area (Å²) >= 11 is 2.45. The van der Waals surface area contributed by atoms with Crippen LogP contribution in [0.3, 0.4) is 0 Å². The zero-order chi connectivity index (χ0) is 25.4. The van der Waals surface area contributed by atoms with Crippen molar-refractivity contribution in [1.29, 1.82) is 0 Å². The molecule has 35 heavy (non-hydrogen) atoms. The van der Waals surface area contributed by atoms with Crippen LogP contribution in [0.25, 0.3) is 0 Å². The van der Waals surface area contributed by atoms with Crippen LogP contribution in [0.5, 0.6) is 0 Å². The summed E-state index contributed by atoms with van der Waals surface area (Å²) in [5.41, 5.74) is -1.59. The predicted molar refractivity (Wildman–Crippen MR) is 127 cm³/mol. The lowest BCUT2D eigenvalue weighted by atomic mass is 10.0. The Hall–Kier alpha value is -3.36. The van der Waals surface area contributed by atoms with Gasteiger partial charge in [0.15, 0.2) is 5.60 Å². The van der Waals surface area contributed by atoms with Gasteiger partial charge < -0.3 is 20.8 Å². The van der Waals surface area contributed by atoms with Gasteiger partial charge in [0.1, 0.15) is 15.8 Å². The highest BCUT2D eigenvalue weighted by Gasteiger charge is 2.33. The average Bonchev–Trinajstić information content (AvgIpc) is 3.39. The van der Waals surface area contributed by atoms with Crippen molar-refractivity contribution in [3.63, 3.8) is 0 Å². The molecule has 2 heterocycles. The van der Waals surface area contributed by atoms with Gasteiger partial charge in [-0.25, -0.2) is 9.18 Å². The molecule has 0 aliphatic rings. The minimum atomic E-state index is -2.16. The van der Waals surface area contributed by atoms with Crippen molar-refractivity contribution in [1.82, 2.24) is 20.4 Å². The molecule has 0 saturated carbocycles. The summed E-state index contributed by atoms with van der Waals surface area (Å²) in [5.74, 6) is -2.85. The maximum Gasteiger partial charge on any atom is 0.335 e. The van der Waals surface area contributed by atoms with E-state index in [9.17, 15) is 23.9 Å². The Morgan fingerprint density at radius 3 is 2.09 bits per heavy atom. The number of aryl methyl sites for hydroxylation is 2. The van der Waals surface area contributed by atoms with Crippen molar-refractivity contribution < 1.29 is 29.0 Å². The highest BCUT2D eigenvalue weighted by Crippen LogP contribution is 2.21. The largest absolute Gasteiger partial charge is 0.479 e. The van der Waals surface area contributed by atoms with E-state index in [1.807, 2.05) is 0 Å². The molecule has 1 atom stereocenters. The van der Waals surface area contributed by atoms with Gasteiger partial charge in [0.25, 0.3) is 0 Å². The number of carboxylic acids is 1. The molecule has 4 N–H and O–H groups in total. The molecule has 0 aliphatic carbocycles. The third-order valence-electron chi connectivity index (χ3n) is 4.68. The fraction of sp³-hybridized carbons (Fsp3) is 0.381. The van der Waals surface area contributed by atoms with Crippen molar-refractivity contribution >= 4 is 50.7 Å². The topological polar surface area (TPSA) is 167 Å². The molecule has 11 nitrogen and oxygen atoms in total. The van der Waals surface area contributed by atoms with Crippen LogP contribution in [0.15, 0.2) is 24.3 Å².